The zero-order chi connectivity index (χ0) is 18.0. The molecule has 1 saturated heterocycles. The van der Waals surface area contributed by atoms with Gasteiger partial charge in [0.25, 0.3) is 5.69 Å². The number of aliphatic hydroxyl groups excluding tert-OH is 1. The zero-order valence-electron chi connectivity index (χ0n) is 14.8. The van der Waals surface area contributed by atoms with Gasteiger partial charge in [-0.1, -0.05) is 25.6 Å². The maximum absolute atomic E-state index is 11.1. The predicted octanol–water partition coefficient (Wildman–Crippen LogP) is 3.65. The number of nitrogens with zero attached hydrogens (tertiary/aromatic N) is 3. The minimum Gasteiger partial charge on any atom is -0.391 e. The van der Waals surface area contributed by atoms with Gasteiger partial charge in [-0.05, 0) is 38.3 Å². The summed E-state index contributed by atoms with van der Waals surface area (Å²) < 4.78 is 0. The molecule has 2 rings (SSSR count). The van der Waals surface area contributed by atoms with Crippen molar-refractivity contribution in [3.63, 3.8) is 0 Å². The van der Waals surface area contributed by atoms with Gasteiger partial charge in [-0.3, -0.25) is 10.1 Å². The van der Waals surface area contributed by atoms with Crippen molar-refractivity contribution in [2.45, 2.75) is 46.8 Å². The van der Waals surface area contributed by atoms with E-state index < -0.39 is 6.10 Å². The van der Waals surface area contributed by atoms with Crippen molar-refractivity contribution < 1.29 is 10.0 Å². The number of aliphatic imine (C=N–C) groups is 1. The summed E-state index contributed by atoms with van der Waals surface area (Å²) in [6.07, 6.45) is -0.427. The second-order valence-electron chi connectivity index (χ2n) is 6.67. The molecule has 1 aliphatic heterocycles. The number of amidine groups is 1. The van der Waals surface area contributed by atoms with Gasteiger partial charge in [0, 0.05) is 23.9 Å². The lowest BCUT2D eigenvalue weighted by atomic mass is 10.1. The second-order valence-corrected chi connectivity index (χ2v) is 7.66. The largest absolute Gasteiger partial charge is 0.391 e. The molecule has 0 aliphatic carbocycles. The molecule has 1 aromatic rings. The highest BCUT2D eigenvalue weighted by Crippen LogP contribution is 2.33. The van der Waals surface area contributed by atoms with E-state index in [0.29, 0.717) is 11.5 Å². The van der Waals surface area contributed by atoms with Crippen LogP contribution in [0.4, 0.5) is 11.4 Å². The number of benzene rings is 1. The summed E-state index contributed by atoms with van der Waals surface area (Å²) in [4.78, 5) is 17.6. The maximum Gasteiger partial charge on any atom is 0.272 e. The van der Waals surface area contributed by atoms with Crippen LogP contribution >= 0.6 is 11.8 Å². The van der Waals surface area contributed by atoms with Crippen LogP contribution in [0.3, 0.4) is 0 Å². The zero-order valence-corrected chi connectivity index (χ0v) is 15.6. The quantitative estimate of drug-likeness (QED) is 0.647. The Balaban J connectivity index is 2.39. The number of thioether (sulfide) groups is 1. The Morgan fingerprint density at radius 2 is 2.04 bits per heavy atom. The molecule has 1 aromatic carbocycles. The molecule has 6 nitrogen and oxygen atoms in total. The van der Waals surface area contributed by atoms with Gasteiger partial charge in [0.15, 0.2) is 5.17 Å². The second kappa shape index (κ2) is 7.53. The van der Waals surface area contributed by atoms with E-state index in [1.807, 2.05) is 13.8 Å². The molecule has 0 bridgehead atoms. The van der Waals surface area contributed by atoms with Crippen LogP contribution in [0.25, 0.3) is 0 Å². The number of hydrogen-bond acceptors (Lipinski definition) is 5. The van der Waals surface area contributed by atoms with Gasteiger partial charge in [0.1, 0.15) is 0 Å². The van der Waals surface area contributed by atoms with Crippen molar-refractivity contribution in [2.75, 3.05) is 12.3 Å². The summed E-state index contributed by atoms with van der Waals surface area (Å²) in [6.45, 7) is 10.5. The van der Waals surface area contributed by atoms with Crippen LogP contribution in [0.15, 0.2) is 17.1 Å². The van der Waals surface area contributed by atoms with Crippen molar-refractivity contribution >= 4 is 28.3 Å². The highest BCUT2D eigenvalue weighted by molar-refractivity contribution is 8.14. The lowest BCUT2D eigenvalue weighted by molar-refractivity contribution is -0.385. The Labute approximate surface area is 147 Å². The van der Waals surface area contributed by atoms with Crippen LogP contribution in [0.2, 0.25) is 0 Å². The van der Waals surface area contributed by atoms with Gasteiger partial charge in [-0.25, -0.2) is 4.99 Å². The summed E-state index contributed by atoms with van der Waals surface area (Å²) in [5, 5.41) is 22.0. The Bertz CT molecular complexity index is 659. The standard InChI is InChI=1S/C17H25N3O3S/c1-10(2)8-19-16(13(5)21)9-24-17(19)18-14-6-7-15(20(22)23)12(4)11(14)3/h6-7,10,13,16,21H,8-9H2,1-5H3/t13?,16-/m1/s1. The maximum atomic E-state index is 11.1. The molecule has 0 radical (unpaired) electrons. The Morgan fingerprint density at radius 3 is 2.58 bits per heavy atom. The first kappa shape index (κ1) is 18.7. The minimum absolute atomic E-state index is 0.0515. The Kier molecular flexibility index (Phi) is 5.87. The van der Waals surface area contributed by atoms with Crippen molar-refractivity contribution in [1.82, 2.24) is 4.90 Å². The summed E-state index contributed by atoms with van der Waals surface area (Å²) in [5.41, 5.74) is 2.34. The van der Waals surface area contributed by atoms with E-state index in [2.05, 4.69) is 18.7 Å². The molecule has 0 amide bonds. The van der Waals surface area contributed by atoms with E-state index >= 15 is 0 Å². The van der Waals surface area contributed by atoms with Crippen LogP contribution in [-0.2, 0) is 0 Å². The monoisotopic (exact) mass is 351 g/mol. The van der Waals surface area contributed by atoms with Crippen LogP contribution < -0.4 is 0 Å². The molecule has 0 spiro atoms. The minimum atomic E-state index is -0.427. The van der Waals surface area contributed by atoms with Gasteiger partial charge in [-0.2, -0.15) is 0 Å². The summed E-state index contributed by atoms with van der Waals surface area (Å²) in [5.74, 6) is 1.25. The van der Waals surface area contributed by atoms with Gasteiger partial charge in [0.2, 0.25) is 0 Å². The Morgan fingerprint density at radius 1 is 1.38 bits per heavy atom. The van der Waals surface area contributed by atoms with E-state index in [-0.39, 0.29) is 16.7 Å². The number of nitro groups is 1. The summed E-state index contributed by atoms with van der Waals surface area (Å²) >= 11 is 1.63. The highest BCUT2D eigenvalue weighted by atomic mass is 32.2. The van der Waals surface area contributed by atoms with Crippen molar-refractivity contribution in [3.05, 3.63) is 33.4 Å². The molecule has 1 unspecified atom stereocenters. The van der Waals surface area contributed by atoms with E-state index in [0.717, 1.165) is 28.7 Å². The lowest BCUT2D eigenvalue weighted by Crippen LogP contribution is -2.43. The number of aliphatic hydroxyl groups is 1. The lowest BCUT2D eigenvalue weighted by Gasteiger charge is -2.29. The van der Waals surface area contributed by atoms with Gasteiger partial charge >= 0.3 is 0 Å². The average molecular weight is 351 g/mol. The van der Waals surface area contributed by atoms with Crippen LogP contribution in [-0.4, -0.2) is 44.5 Å². The Hall–Kier alpha value is -1.60. The van der Waals surface area contributed by atoms with Crippen molar-refractivity contribution in [1.29, 1.82) is 0 Å². The first-order valence-corrected chi connectivity index (χ1v) is 9.11. The molecule has 132 valence electrons. The van der Waals surface area contributed by atoms with Gasteiger partial charge < -0.3 is 10.0 Å². The molecule has 0 aromatic heterocycles. The van der Waals surface area contributed by atoms with Gasteiger partial charge in [-0.15, -0.1) is 0 Å². The predicted molar refractivity (Wildman–Crippen MR) is 99.1 cm³/mol. The van der Waals surface area contributed by atoms with E-state index in [1.165, 1.54) is 6.07 Å². The third kappa shape index (κ3) is 3.89. The molecule has 1 fully saturated rings. The molecule has 7 heteroatoms. The number of hydrogen-bond donors (Lipinski definition) is 1. The normalized spacial score (nSPS) is 20.9. The molecule has 1 heterocycles. The first-order chi connectivity index (χ1) is 11.2. The fraction of sp³-hybridized carbons (Fsp3) is 0.588. The summed E-state index contributed by atoms with van der Waals surface area (Å²) in [7, 11) is 0. The van der Waals surface area contributed by atoms with Crippen LogP contribution in [0.5, 0.6) is 0 Å². The molecule has 24 heavy (non-hydrogen) atoms. The smallest absolute Gasteiger partial charge is 0.272 e. The van der Waals surface area contributed by atoms with Crippen molar-refractivity contribution in [3.8, 4) is 0 Å². The molecule has 1 aliphatic rings. The van der Waals surface area contributed by atoms with Crippen molar-refractivity contribution in [2.24, 2.45) is 10.9 Å². The fourth-order valence-electron chi connectivity index (χ4n) is 2.79. The van der Waals surface area contributed by atoms with E-state index in [4.69, 9.17) is 4.99 Å². The third-order valence-electron chi connectivity index (χ3n) is 4.29. The molecule has 0 saturated carbocycles. The molecule has 2 atom stereocenters. The molecular formula is C17H25N3O3S. The first-order valence-electron chi connectivity index (χ1n) is 8.13. The molecular weight excluding hydrogens is 326 g/mol. The third-order valence-corrected chi connectivity index (χ3v) is 5.38. The van der Waals surface area contributed by atoms with E-state index in [9.17, 15) is 15.2 Å². The number of rotatable bonds is 5. The SMILES string of the molecule is Cc1c(N=C2SC[C@H](C(C)O)N2CC(C)C)ccc([N+](=O)[O-])c1C. The van der Waals surface area contributed by atoms with E-state index in [1.54, 1.807) is 24.8 Å². The highest BCUT2D eigenvalue weighted by Gasteiger charge is 2.33. The fourth-order valence-corrected chi connectivity index (χ4v) is 4.11. The van der Waals surface area contributed by atoms with Crippen LogP contribution in [0, 0.1) is 29.9 Å². The molecule has 1 N–H and O–H groups in total. The average Bonchev–Trinajstić information content (AvgIpc) is 2.86. The summed E-state index contributed by atoms with van der Waals surface area (Å²) in [6, 6.07) is 3.27. The topological polar surface area (TPSA) is 79.0 Å². The van der Waals surface area contributed by atoms with Gasteiger partial charge in [0.05, 0.1) is 22.8 Å². The number of nitro benzene ring substituents is 1. The van der Waals surface area contributed by atoms with Crippen LogP contribution in [0.1, 0.15) is 31.9 Å².